The molecule has 106 valence electrons. The Morgan fingerprint density at radius 3 is 1.81 bits per heavy atom. The third-order valence-electron chi connectivity index (χ3n) is 2.85. The van der Waals surface area contributed by atoms with Crippen molar-refractivity contribution in [1.29, 1.82) is 0 Å². The lowest BCUT2D eigenvalue weighted by molar-refractivity contribution is 0.0747. The first kappa shape index (κ1) is 15.2. The summed E-state index contributed by atoms with van der Waals surface area (Å²) in [4.78, 5) is 11.9. The van der Waals surface area contributed by atoms with Crippen LogP contribution in [0.25, 0.3) is 0 Å². The number of aliphatic hydroxyl groups excluding tert-OH is 1. The van der Waals surface area contributed by atoms with E-state index in [9.17, 15) is 9.90 Å². The van der Waals surface area contributed by atoms with Gasteiger partial charge in [-0.1, -0.05) is 72.8 Å². The predicted octanol–water partition coefficient (Wildman–Crippen LogP) is 4.35. The van der Waals surface area contributed by atoms with E-state index in [4.69, 9.17) is 0 Å². The van der Waals surface area contributed by atoms with Gasteiger partial charge in [0.05, 0.1) is 0 Å². The van der Waals surface area contributed by atoms with Crippen molar-refractivity contribution in [2.24, 2.45) is 0 Å². The number of aliphatic hydroxyl groups is 1. The maximum Gasteiger partial charge on any atom is 0.195 e. The second-order valence-corrected chi connectivity index (χ2v) is 5.15. The molecule has 0 bridgehead atoms. The smallest absolute Gasteiger partial charge is 0.195 e. The van der Waals surface area contributed by atoms with Crippen LogP contribution in [0, 0.1) is 0 Å². The van der Waals surface area contributed by atoms with Crippen molar-refractivity contribution in [3.63, 3.8) is 0 Å². The third-order valence-corrected chi connectivity index (χ3v) is 3.48. The van der Waals surface area contributed by atoms with Crippen LogP contribution < -0.4 is 0 Å². The SMILES string of the molecule is O=C(c1ccccc1)C(O)c1ccccc1.c1ccsc1. The van der Waals surface area contributed by atoms with E-state index in [0.717, 1.165) is 0 Å². The molecule has 0 aliphatic heterocycles. The number of rotatable bonds is 3. The molecule has 0 fully saturated rings. The second kappa shape index (κ2) is 8.15. The van der Waals surface area contributed by atoms with Crippen molar-refractivity contribution in [1.82, 2.24) is 0 Å². The van der Waals surface area contributed by atoms with Gasteiger partial charge in [0.15, 0.2) is 5.78 Å². The maximum atomic E-state index is 11.9. The van der Waals surface area contributed by atoms with Crippen LogP contribution in [-0.2, 0) is 0 Å². The number of carbonyl (C=O) groups excluding carboxylic acids is 1. The molecule has 1 N–H and O–H groups in total. The first-order chi connectivity index (χ1) is 10.3. The molecular formula is C18H16O2S. The molecule has 1 aromatic heterocycles. The zero-order valence-electron chi connectivity index (χ0n) is 11.4. The van der Waals surface area contributed by atoms with Crippen molar-refractivity contribution < 1.29 is 9.90 Å². The molecule has 0 radical (unpaired) electrons. The molecule has 21 heavy (non-hydrogen) atoms. The van der Waals surface area contributed by atoms with Gasteiger partial charge in [0.2, 0.25) is 0 Å². The fraction of sp³-hybridized carbons (Fsp3) is 0.0556. The van der Waals surface area contributed by atoms with E-state index in [2.05, 4.69) is 0 Å². The van der Waals surface area contributed by atoms with Gasteiger partial charge in [0.25, 0.3) is 0 Å². The zero-order chi connectivity index (χ0) is 14.9. The summed E-state index contributed by atoms with van der Waals surface area (Å²) in [6, 6.07) is 21.8. The van der Waals surface area contributed by atoms with Crippen molar-refractivity contribution in [3.05, 3.63) is 94.7 Å². The summed E-state index contributed by atoms with van der Waals surface area (Å²) < 4.78 is 0. The van der Waals surface area contributed by atoms with Crippen molar-refractivity contribution >= 4 is 17.1 Å². The fourth-order valence-corrected chi connectivity index (χ4v) is 2.23. The molecule has 0 amide bonds. The van der Waals surface area contributed by atoms with E-state index in [0.29, 0.717) is 11.1 Å². The highest BCUT2D eigenvalue weighted by atomic mass is 32.1. The van der Waals surface area contributed by atoms with Gasteiger partial charge >= 0.3 is 0 Å². The second-order valence-electron chi connectivity index (χ2n) is 4.34. The van der Waals surface area contributed by atoms with Crippen LogP contribution in [-0.4, -0.2) is 10.9 Å². The number of ketones is 1. The minimum Gasteiger partial charge on any atom is -0.380 e. The molecule has 1 atom stereocenters. The molecular weight excluding hydrogens is 280 g/mol. The van der Waals surface area contributed by atoms with Gasteiger partial charge in [-0.3, -0.25) is 4.79 Å². The lowest BCUT2D eigenvalue weighted by atomic mass is 10.0. The molecule has 2 nitrogen and oxygen atoms in total. The molecule has 3 rings (SSSR count). The van der Waals surface area contributed by atoms with Gasteiger partial charge in [-0.05, 0) is 16.3 Å². The highest BCUT2D eigenvalue weighted by Gasteiger charge is 2.18. The van der Waals surface area contributed by atoms with Gasteiger partial charge in [-0.25, -0.2) is 0 Å². The third kappa shape index (κ3) is 4.67. The van der Waals surface area contributed by atoms with Gasteiger partial charge in [-0.15, -0.1) is 0 Å². The summed E-state index contributed by atoms with van der Waals surface area (Å²) in [5, 5.41) is 14.0. The average molecular weight is 296 g/mol. The normalized spacial score (nSPS) is 11.1. The monoisotopic (exact) mass is 296 g/mol. The van der Waals surface area contributed by atoms with Crippen LogP contribution in [0.2, 0.25) is 0 Å². The van der Waals surface area contributed by atoms with E-state index in [1.54, 1.807) is 59.9 Å². The van der Waals surface area contributed by atoms with E-state index in [1.807, 2.05) is 35.0 Å². The number of carbonyl (C=O) groups is 1. The molecule has 0 aliphatic rings. The van der Waals surface area contributed by atoms with E-state index in [-0.39, 0.29) is 5.78 Å². The van der Waals surface area contributed by atoms with Crippen LogP contribution in [0.3, 0.4) is 0 Å². The number of hydrogen-bond donors (Lipinski definition) is 1. The Morgan fingerprint density at radius 2 is 1.33 bits per heavy atom. The molecule has 0 saturated carbocycles. The zero-order valence-corrected chi connectivity index (χ0v) is 12.2. The number of thiophene rings is 1. The molecule has 2 aromatic carbocycles. The Hall–Kier alpha value is -2.23. The standard InChI is InChI=1S/C14H12O2.C4H4S/c15-13(11-7-3-1-4-8-11)14(16)12-9-5-2-6-10-12;1-2-4-5-3-1/h1-10,13,15H;1-4H. The minimum absolute atomic E-state index is 0.271. The summed E-state index contributed by atoms with van der Waals surface area (Å²) in [5.74, 6) is -0.271. The summed E-state index contributed by atoms with van der Waals surface area (Å²) >= 11 is 1.71. The molecule has 3 heteroatoms. The van der Waals surface area contributed by atoms with E-state index >= 15 is 0 Å². The van der Waals surface area contributed by atoms with Crippen molar-refractivity contribution in [2.45, 2.75) is 6.10 Å². The largest absolute Gasteiger partial charge is 0.380 e. The molecule has 0 saturated heterocycles. The Labute approximate surface area is 128 Å². The first-order valence-corrected chi connectivity index (χ1v) is 7.53. The Balaban J connectivity index is 0.000000272. The van der Waals surface area contributed by atoms with Crippen LogP contribution in [0.15, 0.2) is 83.6 Å². The lowest BCUT2D eigenvalue weighted by Crippen LogP contribution is -2.11. The number of hydrogen-bond acceptors (Lipinski definition) is 3. The fourth-order valence-electron chi connectivity index (χ4n) is 1.77. The van der Waals surface area contributed by atoms with Crippen LogP contribution >= 0.6 is 11.3 Å². The summed E-state index contributed by atoms with van der Waals surface area (Å²) in [7, 11) is 0. The molecule has 0 aliphatic carbocycles. The Bertz CT molecular complexity index is 616. The van der Waals surface area contributed by atoms with Crippen LogP contribution in [0.5, 0.6) is 0 Å². The predicted molar refractivity (Wildman–Crippen MR) is 86.5 cm³/mol. The number of benzene rings is 2. The lowest BCUT2D eigenvalue weighted by Gasteiger charge is -2.09. The van der Waals surface area contributed by atoms with Crippen molar-refractivity contribution in [2.75, 3.05) is 0 Å². The van der Waals surface area contributed by atoms with Crippen LogP contribution in [0.1, 0.15) is 22.0 Å². The van der Waals surface area contributed by atoms with Crippen molar-refractivity contribution in [3.8, 4) is 0 Å². The Kier molecular flexibility index (Phi) is 5.88. The van der Waals surface area contributed by atoms with E-state index < -0.39 is 6.10 Å². The average Bonchev–Trinajstić information content (AvgIpc) is 3.15. The summed E-state index contributed by atoms with van der Waals surface area (Å²) in [6.07, 6.45) is -1.08. The van der Waals surface area contributed by atoms with Gasteiger partial charge in [0, 0.05) is 5.56 Å². The maximum absolute atomic E-state index is 11.9. The molecule has 0 spiro atoms. The van der Waals surface area contributed by atoms with Crippen LogP contribution in [0.4, 0.5) is 0 Å². The van der Waals surface area contributed by atoms with E-state index in [1.165, 1.54) is 0 Å². The quantitative estimate of drug-likeness (QED) is 0.730. The first-order valence-electron chi connectivity index (χ1n) is 6.58. The topological polar surface area (TPSA) is 37.3 Å². The highest BCUT2D eigenvalue weighted by Crippen LogP contribution is 2.17. The summed E-state index contributed by atoms with van der Waals surface area (Å²) in [5.41, 5.74) is 1.15. The molecule has 1 unspecified atom stereocenters. The number of Topliss-reactive ketones (excluding diaryl/α,β-unsaturated/α-hetero) is 1. The van der Waals surface area contributed by atoms with Gasteiger partial charge < -0.3 is 5.11 Å². The van der Waals surface area contributed by atoms with Gasteiger partial charge in [-0.2, -0.15) is 11.3 Å². The summed E-state index contributed by atoms with van der Waals surface area (Å²) in [6.45, 7) is 0. The molecule has 1 heterocycles. The highest BCUT2D eigenvalue weighted by molar-refractivity contribution is 7.07. The molecule has 3 aromatic rings. The van der Waals surface area contributed by atoms with Gasteiger partial charge in [0.1, 0.15) is 6.10 Å². The minimum atomic E-state index is -1.08. The Morgan fingerprint density at radius 1 is 0.810 bits per heavy atom.